The van der Waals surface area contributed by atoms with Crippen LogP contribution in [0.15, 0.2) is 24.3 Å². The van der Waals surface area contributed by atoms with E-state index in [9.17, 15) is 19.4 Å². The van der Waals surface area contributed by atoms with Crippen molar-refractivity contribution in [1.29, 1.82) is 0 Å². The van der Waals surface area contributed by atoms with Crippen LogP contribution >= 0.6 is 7.82 Å². The van der Waals surface area contributed by atoms with Gasteiger partial charge in [-0.15, -0.1) is 0 Å². The Morgan fingerprint density at radius 2 is 0.692 bits per heavy atom. The first-order valence-corrected chi connectivity index (χ1v) is 36.2. The van der Waals surface area contributed by atoms with Gasteiger partial charge in [-0.05, 0) is 44.9 Å². The lowest BCUT2D eigenvalue weighted by atomic mass is 10.0. The zero-order chi connectivity index (χ0) is 57.0. The summed E-state index contributed by atoms with van der Waals surface area (Å²) in [5.41, 5.74) is 0. The van der Waals surface area contributed by atoms with Gasteiger partial charge in [0.05, 0.1) is 39.9 Å². The van der Waals surface area contributed by atoms with E-state index >= 15 is 0 Å². The van der Waals surface area contributed by atoms with E-state index < -0.39 is 20.0 Å². The molecular formula is C69H138N2O6P+. The third-order valence-corrected chi connectivity index (χ3v) is 17.1. The summed E-state index contributed by atoms with van der Waals surface area (Å²) in [6.45, 7) is 4.88. The van der Waals surface area contributed by atoms with Crippen LogP contribution in [0.4, 0.5) is 0 Å². The average molecular weight is 1120 g/mol. The Labute approximate surface area is 487 Å². The summed E-state index contributed by atoms with van der Waals surface area (Å²) in [5, 5.41) is 14.0. The molecule has 0 rings (SSSR count). The predicted octanol–water partition coefficient (Wildman–Crippen LogP) is 21.9. The molecule has 3 N–H and O–H groups in total. The largest absolute Gasteiger partial charge is 0.472 e. The third kappa shape index (κ3) is 62.6. The van der Waals surface area contributed by atoms with Crippen LogP contribution in [0.5, 0.6) is 0 Å². The zero-order valence-corrected chi connectivity index (χ0v) is 54.1. The molecule has 0 aromatic rings. The van der Waals surface area contributed by atoms with Gasteiger partial charge in [-0.2, -0.15) is 0 Å². The van der Waals surface area contributed by atoms with E-state index in [1.54, 1.807) is 6.08 Å². The Morgan fingerprint density at radius 3 is 0.987 bits per heavy atom. The maximum Gasteiger partial charge on any atom is 0.472 e. The molecular weight excluding hydrogens is 984 g/mol. The van der Waals surface area contributed by atoms with E-state index in [0.717, 1.165) is 32.1 Å². The maximum atomic E-state index is 13.0. The van der Waals surface area contributed by atoms with Crippen molar-refractivity contribution in [1.82, 2.24) is 5.32 Å². The number of aliphatic hydroxyl groups excluding tert-OH is 1. The number of nitrogens with one attached hydrogen (secondary N) is 1. The minimum atomic E-state index is -4.35. The number of carbonyl (C=O) groups excluding carboxylic acids is 1. The normalized spacial score (nSPS) is 13.8. The molecule has 0 heterocycles. The van der Waals surface area contributed by atoms with Gasteiger partial charge < -0.3 is 19.8 Å². The average Bonchev–Trinajstić information content (AvgIpc) is 3.41. The van der Waals surface area contributed by atoms with Crippen LogP contribution in [-0.2, 0) is 18.4 Å². The highest BCUT2D eigenvalue weighted by Crippen LogP contribution is 2.43. The topological polar surface area (TPSA) is 105 Å². The van der Waals surface area contributed by atoms with Gasteiger partial charge in [0.1, 0.15) is 13.2 Å². The SMILES string of the molecule is CCCCCCCCCCCCCCCCCC/C=C\CCCCCCCCCCCCCCCCCCCC(=O)NC(COP(=O)(O)OCC[N+](C)(C)C)C(O)/C=C/CCCCCCCCCCCCCCCCCCC. The van der Waals surface area contributed by atoms with Crippen molar-refractivity contribution in [2.24, 2.45) is 0 Å². The van der Waals surface area contributed by atoms with Crippen LogP contribution in [0.1, 0.15) is 361 Å². The van der Waals surface area contributed by atoms with Crippen LogP contribution in [0.3, 0.4) is 0 Å². The minimum absolute atomic E-state index is 0.0641. The van der Waals surface area contributed by atoms with Crippen molar-refractivity contribution in [3.05, 3.63) is 24.3 Å². The van der Waals surface area contributed by atoms with E-state index in [4.69, 9.17) is 9.05 Å². The number of aliphatic hydroxyl groups is 1. The highest BCUT2D eigenvalue weighted by molar-refractivity contribution is 7.47. The standard InChI is InChI=1S/C69H137N2O6P/c1-6-8-10-12-14-16-18-20-22-24-26-27-28-29-30-31-32-33-34-35-36-37-38-39-40-41-42-43-45-47-49-51-53-55-57-59-61-63-69(73)70-67(66-77-78(74,75)76-65-64-71(3,4)5)68(72)62-60-58-56-54-52-50-48-46-44-25-23-21-19-17-15-13-11-9-7-2/h33-34,60,62,67-68,72H,6-32,35-59,61,63-66H2,1-5H3,(H-,70,73,74,75)/p+1/b34-33-,62-60+. The second kappa shape index (κ2) is 60.6. The first kappa shape index (κ1) is 77.0. The van der Waals surface area contributed by atoms with E-state index in [1.165, 1.54) is 308 Å². The van der Waals surface area contributed by atoms with Crippen LogP contribution in [0.2, 0.25) is 0 Å². The van der Waals surface area contributed by atoms with E-state index in [0.29, 0.717) is 17.4 Å². The van der Waals surface area contributed by atoms with Crippen molar-refractivity contribution in [2.75, 3.05) is 40.9 Å². The number of carbonyl (C=O) groups is 1. The van der Waals surface area contributed by atoms with Crippen LogP contribution in [0.25, 0.3) is 0 Å². The van der Waals surface area contributed by atoms with Crippen molar-refractivity contribution < 1.29 is 32.9 Å². The Kier molecular flexibility index (Phi) is 59.8. The summed E-state index contributed by atoms with van der Waals surface area (Å²) in [6, 6.07) is -0.845. The van der Waals surface area contributed by atoms with Crippen LogP contribution < -0.4 is 5.32 Å². The number of nitrogens with zero attached hydrogens (tertiary/aromatic N) is 1. The smallest absolute Gasteiger partial charge is 0.387 e. The van der Waals surface area contributed by atoms with Crippen molar-refractivity contribution in [2.45, 2.75) is 373 Å². The van der Waals surface area contributed by atoms with Crippen LogP contribution in [-0.4, -0.2) is 73.4 Å². The summed E-state index contributed by atoms with van der Waals surface area (Å²) >= 11 is 0. The molecule has 0 aromatic heterocycles. The number of amides is 1. The van der Waals surface area contributed by atoms with Crippen molar-refractivity contribution in [3.63, 3.8) is 0 Å². The number of allylic oxidation sites excluding steroid dienone is 3. The molecule has 3 atom stereocenters. The second-order valence-corrected chi connectivity index (χ2v) is 26.7. The minimum Gasteiger partial charge on any atom is -0.387 e. The fourth-order valence-corrected chi connectivity index (χ4v) is 11.5. The highest BCUT2D eigenvalue weighted by atomic mass is 31.2. The molecule has 0 aliphatic carbocycles. The molecule has 0 aliphatic heterocycles. The molecule has 1 amide bonds. The molecule has 0 bridgehead atoms. The lowest BCUT2D eigenvalue weighted by molar-refractivity contribution is -0.870. The van der Waals surface area contributed by atoms with Crippen molar-refractivity contribution in [3.8, 4) is 0 Å². The lowest BCUT2D eigenvalue weighted by Crippen LogP contribution is -2.45. The number of unbranched alkanes of at least 4 members (excludes halogenated alkanes) is 50. The van der Waals surface area contributed by atoms with Gasteiger partial charge in [-0.25, -0.2) is 4.57 Å². The fraction of sp³-hybridized carbons (Fsp3) is 0.928. The molecule has 0 saturated heterocycles. The molecule has 78 heavy (non-hydrogen) atoms. The molecule has 0 radical (unpaired) electrons. The first-order valence-electron chi connectivity index (χ1n) is 34.7. The second-order valence-electron chi connectivity index (χ2n) is 25.3. The predicted molar refractivity (Wildman–Crippen MR) is 342 cm³/mol. The van der Waals surface area contributed by atoms with Gasteiger partial charge in [-0.3, -0.25) is 13.8 Å². The van der Waals surface area contributed by atoms with E-state index in [1.807, 2.05) is 27.2 Å². The highest BCUT2D eigenvalue weighted by Gasteiger charge is 2.28. The number of phosphoric ester groups is 1. The maximum absolute atomic E-state index is 13.0. The number of phosphoric acid groups is 1. The van der Waals surface area contributed by atoms with Gasteiger partial charge >= 0.3 is 7.82 Å². The van der Waals surface area contributed by atoms with Crippen molar-refractivity contribution >= 4 is 13.7 Å². The van der Waals surface area contributed by atoms with E-state index in [2.05, 4.69) is 31.3 Å². The van der Waals surface area contributed by atoms with Gasteiger partial charge in [0.25, 0.3) is 0 Å². The summed E-state index contributed by atoms with van der Waals surface area (Å²) in [5.74, 6) is -0.170. The fourth-order valence-electron chi connectivity index (χ4n) is 10.7. The number of quaternary nitrogens is 1. The van der Waals surface area contributed by atoms with Gasteiger partial charge in [0.2, 0.25) is 5.91 Å². The van der Waals surface area contributed by atoms with Crippen LogP contribution in [0, 0.1) is 0 Å². The molecule has 0 saturated carbocycles. The molecule has 0 fully saturated rings. The molecule has 464 valence electrons. The van der Waals surface area contributed by atoms with Gasteiger partial charge in [0.15, 0.2) is 0 Å². The Balaban J connectivity index is 3.95. The summed E-state index contributed by atoms with van der Waals surface area (Å²) in [7, 11) is 1.59. The third-order valence-electron chi connectivity index (χ3n) is 16.2. The molecule has 0 aliphatic rings. The quantitative estimate of drug-likeness (QED) is 0.0243. The first-order chi connectivity index (χ1) is 38.0. The molecule has 3 unspecified atom stereocenters. The number of hydrogen-bond donors (Lipinski definition) is 3. The molecule has 9 heteroatoms. The molecule has 8 nitrogen and oxygen atoms in total. The Bertz CT molecular complexity index is 1320. The summed E-state index contributed by atoms with van der Waals surface area (Å²) in [4.78, 5) is 23.4. The monoisotopic (exact) mass is 1120 g/mol. The number of likely N-dealkylation sites (N-methyl/N-ethyl adjacent to an activating group) is 1. The molecule has 0 aromatic carbocycles. The Morgan fingerprint density at radius 1 is 0.423 bits per heavy atom. The summed E-state index contributed by atoms with van der Waals surface area (Å²) < 4.78 is 23.8. The zero-order valence-electron chi connectivity index (χ0n) is 53.2. The summed E-state index contributed by atoms with van der Waals surface area (Å²) in [6.07, 6.45) is 79.0. The Hall–Kier alpha value is -1.02. The van der Waals surface area contributed by atoms with Gasteiger partial charge in [-0.1, -0.05) is 334 Å². The number of hydrogen-bond acceptors (Lipinski definition) is 5. The van der Waals surface area contributed by atoms with E-state index in [-0.39, 0.29) is 19.1 Å². The molecule has 0 spiro atoms. The number of rotatable bonds is 65. The lowest BCUT2D eigenvalue weighted by Gasteiger charge is -2.25. The van der Waals surface area contributed by atoms with Gasteiger partial charge in [0, 0.05) is 6.42 Å².